The lowest BCUT2D eigenvalue weighted by Gasteiger charge is -2.12. The van der Waals surface area contributed by atoms with Crippen molar-refractivity contribution in [1.82, 2.24) is 10.2 Å². The van der Waals surface area contributed by atoms with E-state index < -0.39 is 5.82 Å². The predicted molar refractivity (Wildman–Crippen MR) is 70.9 cm³/mol. The number of methoxy groups -OCH3 is 1. The average molecular weight is 266 g/mol. The second kappa shape index (κ2) is 6.02. The zero-order valence-electron chi connectivity index (χ0n) is 11.3. The van der Waals surface area contributed by atoms with Crippen LogP contribution < -0.4 is 10.1 Å². The molecule has 19 heavy (non-hydrogen) atoms. The number of nitrogens with zero attached hydrogens (tertiary/aromatic N) is 1. The van der Waals surface area contributed by atoms with Crippen molar-refractivity contribution in [2.24, 2.45) is 5.92 Å². The fraction of sp³-hybridized carbons (Fsp3) is 0.500. The number of ether oxygens (including phenoxy) is 1. The number of amides is 1. The van der Waals surface area contributed by atoms with Crippen LogP contribution in [0, 0.1) is 11.7 Å². The Kier molecular flexibility index (Phi) is 4.37. The molecule has 1 heterocycles. The lowest BCUT2D eigenvalue weighted by molar-refractivity contribution is 0.0947. The zero-order valence-corrected chi connectivity index (χ0v) is 11.3. The second-order valence-electron chi connectivity index (χ2n) is 4.98. The molecule has 1 amide bonds. The van der Waals surface area contributed by atoms with Crippen molar-refractivity contribution >= 4 is 5.91 Å². The standard InChI is InChI=1S/C14H19FN2O2/c1-17-6-5-10(9-17)8-16-14(18)11-3-4-13(19-2)12(15)7-11/h3-4,7,10H,5-6,8-9H2,1-2H3,(H,16,18)/t10-/m1/s1. The molecule has 1 N–H and O–H groups in total. The SMILES string of the molecule is COc1ccc(C(=O)NC[C@H]2CCN(C)C2)cc1F. The van der Waals surface area contributed by atoms with E-state index in [-0.39, 0.29) is 11.7 Å². The van der Waals surface area contributed by atoms with E-state index in [1.54, 1.807) is 6.07 Å². The van der Waals surface area contributed by atoms with E-state index in [9.17, 15) is 9.18 Å². The first-order chi connectivity index (χ1) is 9.10. The minimum Gasteiger partial charge on any atom is -0.494 e. The molecule has 2 rings (SSSR count). The fourth-order valence-corrected chi connectivity index (χ4v) is 2.34. The van der Waals surface area contributed by atoms with Gasteiger partial charge in [0.15, 0.2) is 11.6 Å². The average Bonchev–Trinajstić information content (AvgIpc) is 2.81. The Labute approximate surface area is 112 Å². The molecule has 1 aromatic rings. The number of nitrogens with one attached hydrogen (secondary N) is 1. The highest BCUT2D eigenvalue weighted by molar-refractivity contribution is 5.94. The molecule has 5 heteroatoms. The molecule has 104 valence electrons. The number of rotatable bonds is 4. The van der Waals surface area contributed by atoms with E-state index in [0.29, 0.717) is 18.0 Å². The smallest absolute Gasteiger partial charge is 0.251 e. The Bertz CT molecular complexity index is 465. The van der Waals surface area contributed by atoms with Crippen molar-refractivity contribution in [2.75, 3.05) is 33.8 Å². The number of carbonyl (C=O) groups is 1. The molecule has 1 aliphatic heterocycles. The molecule has 0 spiro atoms. The van der Waals surface area contributed by atoms with E-state index >= 15 is 0 Å². The Morgan fingerprint density at radius 1 is 1.58 bits per heavy atom. The van der Waals surface area contributed by atoms with Gasteiger partial charge in [-0.2, -0.15) is 0 Å². The molecule has 1 aliphatic rings. The molecule has 0 unspecified atom stereocenters. The first kappa shape index (κ1) is 13.8. The van der Waals surface area contributed by atoms with Gasteiger partial charge >= 0.3 is 0 Å². The predicted octanol–water partition coefficient (Wildman–Crippen LogP) is 1.52. The Hall–Kier alpha value is -1.62. The number of hydrogen-bond acceptors (Lipinski definition) is 3. The number of likely N-dealkylation sites (tertiary alicyclic amines) is 1. The van der Waals surface area contributed by atoms with Crippen molar-refractivity contribution in [1.29, 1.82) is 0 Å². The topological polar surface area (TPSA) is 41.6 Å². The van der Waals surface area contributed by atoms with Gasteiger partial charge in [0.25, 0.3) is 5.91 Å². The summed E-state index contributed by atoms with van der Waals surface area (Å²) in [4.78, 5) is 14.1. The van der Waals surface area contributed by atoms with Gasteiger partial charge in [0, 0.05) is 18.7 Å². The van der Waals surface area contributed by atoms with Gasteiger partial charge < -0.3 is 15.0 Å². The quantitative estimate of drug-likeness (QED) is 0.898. The molecule has 1 atom stereocenters. The number of benzene rings is 1. The maximum atomic E-state index is 13.5. The van der Waals surface area contributed by atoms with E-state index in [4.69, 9.17) is 4.74 Å². The largest absolute Gasteiger partial charge is 0.494 e. The molecule has 0 radical (unpaired) electrons. The summed E-state index contributed by atoms with van der Waals surface area (Å²) in [5.74, 6) is -0.127. The van der Waals surface area contributed by atoms with Crippen molar-refractivity contribution < 1.29 is 13.9 Å². The molecule has 1 fully saturated rings. The van der Waals surface area contributed by atoms with Crippen LogP contribution in [0.15, 0.2) is 18.2 Å². The molecule has 0 aliphatic carbocycles. The highest BCUT2D eigenvalue weighted by Gasteiger charge is 2.20. The maximum Gasteiger partial charge on any atom is 0.251 e. The minimum atomic E-state index is -0.518. The lowest BCUT2D eigenvalue weighted by atomic mass is 10.1. The van der Waals surface area contributed by atoms with Crippen LogP contribution in [0.3, 0.4) is 0 Å². The molecule has 0 saturated carbocycles. The van der Waals surface area contributed by atoms with Crippen LogP contribution in [-0.4, -0.2) is 44.6 Å². The molecule has 4 nitrogen and oxygen atoms in total. The third-order valence-corrected chi connectivity index (χ3v) is 3.45. The van der Waals surface area contributed by atoms with Crippen LogP contribution in [0.25, 0.3) is 0 Å². The van der Waals surface area contributed by atoms with Crippen molar-refractivity contribution in [3.63, 3.8) is 0 Å². The van der Waals surface area contributed by atoms with Crippen LogP contribution in [-0.2, 0) is 0 Å². The second-order valence-corrected chi connectivity index (χ2v) is 4.98. The van der Waals surface area contributed by atoms with Gasteiger partial charge in [0.1, 0.15) is 0 Å². The summed E-state index contributed by atoms with van der Waals surface area (Å²) < 4.78 is 18.3. The third-order valence-electron chi connectivity index (χ3n) is 3.45. The first-order valence-electron chi connectivity index (χ1n) is 6.40. The lowest BCUT2D eigenvalue weighted by Crippen LogP contribution is -2.30. The maximum absolute atomic E-state index is 13.5. The Balaban J connectivity index is 1.91. The number of hydrogen-bond donors (Lipinski definition) is 1. The van der Waals surface area contributed by atoms with Crippen LogP contribution in [0.5, 0.6) is 5.75 Å². The van der Waals surface area contributed by atoms with Crippen molar-refractivity contribution in [2.45, 2.75) is 6.42 Å². The van der Waals surface area contributed by atoms with E-state index in [1.807, 2.05) is 0 Å². The van der Waals surface area contributed by atoms with Gasteiger partial charge in [-0.05, 0) is 44.1 Å². The fourth-order valence-electron chi connectivity index (χ4n) is 2.34. The number of halogens is 1. The highest BCUT2D eigenvalue weighted by atomic mass is 19.1. The first-order valence-corrected chi connectivity index (χ1v) is 6.40. The monoisotopic (exact) mass is 266 g/mol. The Morgan fingerprint density at radius 3 is 2.95 bits per heavy atom. The zero-order chi connectivity index (χ0) is 13.8. The van der Waals surface area contributed by atoms with Gasteiger partial charge in [-0.15, -0.1) is 0 Å². The molecular formula is C14H19FN2O2. The summed E-state index contributed by atoms with van der Waals surface area (Å²) in [6, 6.07) is 4.24. The van der Waals surface area contributed by atoms with E-state index in [0.717, 1.165) is 19.5 Å². The van der Waals surface area contributed by atoms with Gasteiger partial charge in [-0.1, -0.05) is 0 Å². The Morgan fingerprint density at radius 2 is 2.37 bits per heavy atom. The minimum absolute atomic E-state index is 0.147. The summed E-state index contributed by atoms with van der Waals surface area (Å²) in [5.41, 5.74) is 0.324. The van der Waals surface area contributed by atoms with Crippen molar-refractivity contribution in [3.05, 3.63) is 29.6 Å². The van der Waals surface area contributed by atoms with Crippen LogP contribution >= 0.6 is 0 Å². The molecule has 0 bridgehead atoms. The summed E-state index contributed by atoms with van der Waals surface area (Å²) in [6.45, 7) is 2.70. The third kappa shape index (κ3) is 3.44. The molecular weight excluding hydrogens is 247 g/mol. The van der Waals surface area contributed by atoms with E-state index in [2.05, 4.69) is 17.3 Å². The van der Waals surface area contributed by atoms with Crippen LogP contribution in [0.1, 0.15) is 16.8 Å². The summed E-state index contributed by atoms with van der Waals surface area (Å²) in [6.07, 6.45) is 1.09. The summed E-state index contributed by atoms with van der Waals surface area (Å²) >= 11 is 0. The summed E-state index contributed by atoms with van der Waals surface area (Å²) in [7, 11) is 3.47. The molecule has 0 aromatic heterocycles. The normalized spacial score (nSPS) is 19.4. The van der Waals surface area contributed by atoms with Gasteiger partial charge in [-0.25, -0.2) is 4.39 Å². The van der Waals surface area contributed by atoms with Gasteiger partial charge in [-0.3, -0.25) is 4.79 Å². The van der Waals surface area contributed by atoms with Crippen LogP contribution in [0.4, 0.5) is 4.39 Å². The molecule has 1 saturated heterocycles. The van der Waals surface area contributed by atoms with Crippen LogP contribution in [0.2, 0.25) is 0 Å². The number of carbonyl (C=O) groups excluding carboxylic acids is 1. The summed E-state index contributed by atoms with van der Waals surface area (Å²) in [5, 5.41) is 2.85. The highest BCUT2D eigenvalue weighted by Crippen LogP contribution is 2.18. The molecule has 1 aromatic carbocycles. The van der Waals surface area contributed by atoms with Gasteiger partial charge in [0.05, 0.1) is 7.11 Å². The van der Waals surface area contributed by atoms with Gasteiger partial charge in [0.2, 0.25) is 0 Å². The van der Waals surface area contributed by atoms with Crippen molar-refractivity contribution in [3.8, 4) is 5.75 Å². The van der Waals surface area contributed by atoms with E-state index in [1.165, 1.54) is 19.2 Å².